The summed E-state index contributed by atoms with van der Waals surface area (Å²) in [6.07, 6.45) is 0.184. The van der Waals surface area contributed by atoms with Crippen molar-refractivity contribution >= 4 is 27.5 Å². The number of hydrogen-bond donors (Lipinski definition) is 2. The number of carbonyl (C=O) groups is 1. The zero-order valence-corrected chi connectivity index (χ0v) is 11.2. The monoisotopic (exact) mass is 292 g/mol. The molecule has 1 amide bonds. The summed E-state index contributed by atoms with van der Waals surface area (Å²) in [7, 11) is -2.26. The number of carbonyl (C=O) groups excluding carboxylic acids is 1. The number of halogens is 1. The van der Waals surface area contributed by atoms with E-state index in [1.54, 1.807) is 0 Å². The highest BCUT2D eigenvalue weighted by Gasteiger charge is 2.11. The standard InChI is InChI=1S/C10H13ClN2O4S/c1-13-10(14)4-5-17-9-3-2-7(6-8(9)11)18(12,15)16/h2-3,6H,4-5H2,1H3,(H,13,14)(H2,12,15,16). The third-order valence-electron chi connectivity index (χ3n) is 2.10. The Balaban J connectivity index is 2.72. The Morgan fingerprint density at radius 2 is 2.17 bits per heavy atom. The maximum atomic E-state index is 11.1. The van der Waals surface area contributed by atoms with Crippen LogP contribution in [0.5, 0.6) is 5.75 Å². The van der Waals surface area contributed by atoms with Gasteiger partial charge in [-0.3, -0.25) is 4.79 Å². The Hall–Kier alpha value is -1.31. The molecule has 0 radical (unpaired) electrons. The largest absolute Gasteiger partial charge is 0.491 e. The molecular weight excluding hydrogens is 280 g/mol. The second-order valence-electron chi connectivity index (χ2n) is 3.41. The molecule has 0 unspecified atom stereocenters. The highest BCUT2D eigenvalue weighted by atomic mass is 35.5. The Kier molecular flexibility index (Phi) is 4.94. The van der Waals surface area contributed by atoms with Gasteiger partial charge in [-0.05, 0) is 18.2 Å². The molecule has 0 saturated carbocycles. The summed E-state index contributed by atoms with van der Waals surface area (Å²) >= 11 is 5.84. The molecule has 0 aliphatic rings. The first-order chi connectivity index (χ1) is 8.34. The fourth-order valence-corrected chi connectivity index (χ4v) is 1.99. The van der Waals surface area contributed by atoms with Crippen LogP contribution in [0.2, 0.25) is 5.02 Å². The third kappa shape index (κ3) is 4.17. The molecule has 1 aromatic carbocycles. The minimum absolute atomic E-state index is 0.0915. The molecule has 0 bridgehead atoms. The Morgan fingerprint density at radius 3 is 2.67 bits per heavy atom. The minimum Gasteiger partial charge on any atom is -0.491 e. The molecule has 0 fully saturated rings. The van der Waals surface area contributed by atoms with E-state index >= 15 is 0 Å². The van der Waals surface area contributed by atoms with Gasteiger partial charge in [0.25, 0.3) is 0 Å². The van der Waals surface area contributed by atoms with Gasteiger partial charge in [0, 0.05) is 7.05 Å². The van der Waals surface area contributed by atoms with Crippen LogP contribution < -0.4 is 15.2 Å². The summed E-state index contributed by atoms with van der Waals surface area (Å²) in [6, 6.07) is 3.88. The lowest BCUT2D eigenvalue weighted by molar-refractivity contribution is -0.121. The van der Waals surface area contributed by atoms with E-state index in [1.165, 1.54) is 25.2 Å². The van der Waals surface area contributed by atoms with Gasteiger partial charge in [-0.15, -0.1) is 0 Å². The van der Waals surface area contributed by atoms with Crippen LogP contribution in [-0.2, 0) is 14.8 Å². The van der Waals surface area contributed by atoms with Crippen molar-refractivity contribution in [2.45, 2.75) is 11.3 Å². The Bertz CT molecular complexity index is 545. The predicted octanol–water partition coefficient (Wildman–Crippen LogP) is 0.502. The molecule has 0 saturated heterocycles. The molecule has 8 heteroatoms. The quantitative estimate of drug-likeness (QED) is 0.825. The maximum Gasteiger partial charge on any atom is 0.238 e. The maximum absolute atomic E-state index is 11.1. The van der Waals surface area contributed by atoms with Crippen molar-refractivity contribution in [3.05, 3.63) is 23.2 Å². The molecule has 6 nitrogen and oxygen atoms in total. The highest BCUT2D eigenvalue weighted by molar-refractivity contribution is 7.89. The van der Waals surface area contributed by atoms with Crippen molar-refractivity contribution in [1.29, 1.82) is 0 Å². The number of amides is 1. The predicted molar refractivity (Wildman–Crippen MR) is 67.0 cm³/mol. The van der Waals surface area contributed by atoms with Gasteiger partial charge in [0.1, 0.15) is 5.75 Å². The van der Waals surface area contributed by atoms with Crippen molar-refractivity contribution in [2.24, 2.45) is 5.14 Å². The van der Waals surface area contributed by atoms with E-state index in [4.69, 9.17) is 21.5 Å². The fourth-order valence-electron chi connectivity index (χ4n) is 1.15. The first-order valence-corrected chi connectivity index (χ1v) is 6.92. The van der Waals surface area contributed by atoms with Crippen molar-refractivity contribution in [1.82, 2.24) is 5.32 Å². The molecule has 18 heavy (non-hydrogen) atoms. The van der Waals surface area contributed by atoms with Crippen LogP contribution in [0.15, 0.2) is 23.1 Å². The number of benzene rings is 1. The average molecular weight is 293 g/mol. The number of rotatable bonds is 5. The second-order valence-corrected chi connectivity index (χ2v) is 5.38. The van der Waals surface area contributed by atoms with E-state index in [0.29, 0.717) is 5.75 Å². The number of nitrogens with two attached hydrogens (primary N) is 1. The number of ether oxygens (including phenoxy) is 1. The number of nitrogens with one attached hydrogen (secondary N) is 1. The second kappa shape index (κ2) is 6.03. The van der Waals surface area contributed by atoms with Gasteiger partial charge in [0.05, 0.1) is 22.9 Å². The van der Waals surface area contributed by atoms with Gasteiger partial charge in [0.15, 0.2) is 0 Å². The van der Waals surface area contributed by atoms with E-state index in [0.717, 1.165) is 0 Å². The van der Waals surface area contributed by atoms with Crippen LogP contribution >= 0.6 is 11.6 Å². The lowest BCUT2D eigenvalue weighted by atomic mass is 10.3. The van der Waals surface area contributed by atoms with Crippen molar-refractivity contribution in [3.63, 3.8) is 0 Å². The van der Waals surface area contributed by atoms with Gasteiger partial charge >= 0.3 is 0 Å². The van der Waals surface area contributed by atoms with Crippen molar-refractivity contribution < 1.29 is 17.9 Å². The normalized spacial score (nSPS) is 11.1. The number of hydrogen-bond acceptors (Lipinski definition) is 4. The molecule has 0 aromatic heterocycles. The van der Waals surface area contributed by atoms with E-state index < -0.39 is 10.0 Å². The van der Waals surface area contributed by atoms with Crippen LogP contribution in [0.25, 0.3) is 0 Å². The molecule has 3 N–H and O–H groups in total. The van der Waals surface area contributed by atoms with E-state index in [2.05, 4.69) is 5.32 Å². The average Bonchev–Trinajstić information content (AvgIpc) is 2.29. The van der Waals surface area contributed by atoms with Gasteiger partial charge in [-0.1, -0.05) is 11.6 Å². The van der Waals surface area contributed by atoms with Gasteiger partial charge < -0.3 is 10.1 Å². The van der Waals surface area contributed by atoms with E-state index in [9.17, 15) is 13.2 Å². The van der Waals surface area contributed by atoms with Crippen LogP contribution in [0.3, 0.4) is 0 Å². The summed E-state index contributed by atoms with van der Waals surface area (Å²) in [5.74, 6) is 0.139. The van der Waals surface area contributed by atoms with Gasteiger partial charge in [-0.25, -0.2) is 13.6 Å². The number of sulfonamides is 1. The van der Waals surface area contributed by atoms with Crippen LogP contribution in [-0.4, -0.2) is 28.0 Å². The molecule has 1 aromatic rings. The van der Waals surface area contributed by atoms with Gasteiger partial charge in [0.2, 0.25) is 15.9 Å². The topological polar surface area (TPSA) is 98.5 Å². The minimum atomic E-state index is -3.78. The molecule has 0 heterocycles. The zero-order valence-electron chi connectivity index (χ0n) is 9.64. The first kappa shape index (κ1) is 14.7. The molecule has 100 valence electrons. The summed E-state index contributed by atoms with van der Waals surface area (Å²) < 4.78 is 27.4. The fraction of sp³-hybridized carbons (Fsp3) is 0.300. The summed E-state index contributed by atoms with van der Waals surface area (Å²) in [5.41, 5.74) is 0. The highest BCUT2D eigenvalue weighted by Crippen LogP contribution is 2.26. The summed E-state index contributed by atoms with van der Waals surface area (Å²) in [5, 5.41) is 7.52. The first-order valence-electron chi connectivity index (χ1n) is 5.00. The van der Waals surface area contributed by atoms with Crippen LogP contribution in [0.4, 0.5) is 0 Å². The smallest absolute Gasteiger partial charge is 0.238 e. The Morgan fingerprint density at radius 1 is 1.50 bits per heavy atom. The molecular formula is C10H13ClN2O4S. The lowest BCUT2D eigenvalue weighted by Crippen LogP contribution is -2.20. The number of primary sulfonamides is 1. The third-order valence-corrected chi connectivity index (χ3v) is 3.30. The van der Waals surface area contributed by atoms with Crippen LogP contribution in [0.1, 0.15) is 6.42 Å². The van der Waals surface area contributed by atoms with Crippen LogP contribution in [0, 0.1) is 0 Å². The van der Waals surface area contributed by atoms with E-state index in [-0.39, 0.29) is 28.9 Å². The molecule has 0 aliphatic carbocycles. The summed E-state index contributed by atoms with van der Waals surface area (Å²) in [6.45, 7) is 0.147. The molecule has 0 spiro atoms. The Labute approximate surface area is 110 Å². The van der Waals surface area contributed by atoms with Crippen molar-refractivity contribution in [3.8, 4) is 5.75 Å². The molecule has 0 atom stereocenters. The van der Waals surface area contributed by atoms with E-state index in [1.807, 2.05) is 0 Å². The lowest BCUT2D eigenvalue weighted by Gasteiger charge is -2.08. The summed E-state index contributed by atoms with van der Waals surface area (Å²) in [4.78, 5) is 10.9. The molecule has 1 rings (SSSR count). The van der Waals surface area contributed by atoms with Crippen molar-refractivity contribution in [2.75, 3.05) is 13.7 Å². The van der Waals surface area contributed by atoms with Gasteiger partial charge in [-0.2, -0.15) is 0 Å². The SMILES string of the molecule is CNC(=O)CCOc1ccc(S(N)(=O)=O)cc1Cl. The zero-order chi connectivity index (χ0) is 13.8. The molecule has 0 aliphatic heterocycles.